The number of aryl methyl sites for hydroxylation is 1. The molecule has 74 valence electrons. The smallest absolute Gasteiger partial charge is 0.236 e. The van der Waals surface area contributed by atoms with Crippen LogP contribution in [0.4, 0.5) is 0 Å². The number of aromatic nitrogens is 2. The molecule has 0 aliphatic carbocycles. The second kappa shape index (κ2) is 4.47. The molecule has 0 amide bonds. The molecule has 0 spiro atoms. The highest BCUT2D eigenvalue weighted by Crippen LogP contribution is 2.18. The fraction of sp³-hybridized carbons (Fsp3) is 0.143. The largest absolute Gasteiger partial charge is 0.259 e. The van der Waals surface area contributed by atoms with Gasteiger partial charge in [-0.3, -0.25) is 10.1 Å². The van der Waals surface area contributed by atoms with E-state index in [2.05, 4.69) is 25.9 Å². The van der Waals surface area contributed by atoms with Crippen LogP contribution in [0.25, 0.3) is 6.08 Å². The van der Waals surface area contributed by atoms with Crippen molar-refractivity contribution in [3.63, 3.8) is 0 Å². The number of nitro groups is 1. The second-order valence-corrected chi connectivity index (χ2v) is 3.49. The Bertz CT molecular complexity index is 408. The van der Waals surface area contributed by atoms with Gasteiger partial charge >= 0.3 is 0 Å². The highest BCUT2D eigenvalue weighted by atomic mass is 79.9. The van der Waals surface area contributed by atoms with Crippen LogP contribution in [0.1, 0.15) is 11.4 Å². The quantitative estimate of drug-likeness (QED) is 0.615. The van der Waals surface area contributed by atoms with Crippen molar-refractivity contribution >= 4 is 33.6 Å². The number of nitrogens with zero attached hydrogens (tertiary/aromatic N) is 3. The predicted octanol–water partition coefficient (Wildman–Crippen LogP) is 2.45. The van der Waals surface area contributed by atoms with Crippen LogP contribution in [-0.2, 0) is 0 Å². The third-order valence-corrected chi connectivity index (χ3v) is 2.29. The summed E-state index contributed by atoms with van der Waals surface area (Å²) in [6.07, 6.45) is 2.04. The maximum Gasteiger partial charge on any atom is 0.236 e. The normalized spacial score (nSPS) is 10.8. The summed E-state index contributed by atoms with van der Waals surface area (Å²) in [6, 6.07) is 0. The van der Waals surface area contributed by atoms with E-state index in [1.807, 2.05) is 0 Å². The van der Waals surface area contributed by atoms with Crippen LogP contribution < -0.4 is 0 Å². The average molecular weight is 278 g/mol. The molecule has 7 heteroatoms. The summed E-state index contributed by atoms with van der Waals surface area (Å²) in [6.45, 7) is 1.67. The van der Waals surface area contributed by atoms with Gasteiger partial charge in [-0.2, -0.15) is 0 Å². The molecule has 0 atom stereocenters. The summed E-state index contributed by atoms with van der Waals surface area (Å²) in [5.41, 5.74) is 0.904. The zero-order chi connectivity index (χ0) is 10.7. The molecule has 0 bridgehead atoms. The first kappa shape index (κ1) is 11.1. The van der Waals surface area contributed by atoms with Gasteiger partial charge in [-0.25, -0.2) is 9.97 Å². The van der Waals surface area contributed by atoms with E-state index in [4.69, 9.17) is 11.6 Å². The molecule has 0 unspecified atom stereocenters. The summed E-state index contributed by atoms with van der Waals surface area (Å²) in [7, 11) is 0. The lowest BCUT2D eigenvalue weighted by Gasteiger charge is -1.99. The summed E-state index contributed by atoms with van der Waals surface area (Å²) in [5, 5.41) is 10.3. The Morgan fingerprint density at radius 2 is 2.21 bits per heavy atom. The molecule has 0 aliphatic rings. The van der Waals surface area contributed by atoms with Gasteiger partial charge in [0.1, 0.15) is 10.3 Å². The molecule has 0 radical (unpaired) electrons. The fourth-order valence-electron chi connectivity index (χ4n) is 0.735. The van der Waals surface area contributed by atoms with E-state index in [0.717, 1.165) is 6.20 Å². The monoisotopic (exact) mass is 277 g/mol. The molecule has 1 aromatic rings. The van der Waals surface area contributed by atoms with Gasteiger partial charge in [0.15, 0.2) is 5.15 Å². The van der Waals surface area contributed by atoms with Crippen LogP contribution in [0.3, 0.4) is 0 Å². The van der Waals surface area contributed by atoms with Gasteiger partial charge < -0.3 is 0 Å². The Hall–Kier alpha value is -1.01. The minimum Gasteiger partial charge on any atom is -0.259 e. The third-order valence-electron chi connectivity index (χ3n) is 1.35. The summed E-state index contributed by atoms with van der Waals surface area (Å²) in [5.74, 6) is 0. The molecule has 1 heterocycles. The molecule has 5 nitrogen and oxygen atoms in total. The van der Waals surface area contributed by atoms with Crippen LogP contribution in [-0.4, -0.2) is 14.9 Å². The van der Waals surface area contributed by atoms with Crippen LogP contribution >= 0.6 is 27.5 Å². The van der Waals surface area contributed by atoms with E-state index < -0.39 is 4.92 Å². The SMILES string of the molecule is Cc1nc(/C=C/[N+](=O)[O-])c(Br)nc1Cl. The lowest BCUT2D eigenvalue weighted by molar-refractivity contribution is -0.401. The van der Waals surface area contributed by atoms with Crippen LogP contribution in [0.5, 0.6) is 0 Å². The van der Waals surface area contributed by atoms with Gasteiger partial charge in [-0.15, -0.1) is 0 Å². The third kappa shape index (κ3) is 2.74. The number of hydrogen-bond donors (Lipinski definition) is 0. The Labute approximate surface area is 93.1 Å². The molecule has 1 aromatic heterocycles. The Kier molecular flexibility index (Phi) is 3.54. The van der Waals surface area contributed by atoms with Crippen LogP contribution in [0.15, 0.2) is 10.8 Å². The van der Waals surface area contributed by atoms with E-state index in [9.17, 15) is 10.1 Å². The van der Waals surface area contributed by atoms with Crippen molar-refractivity contribution in [1.29, 1.82) is 0 Å². The molecule has 0 aliphatic heterocycles. The van der Waals surface area contributed by atoms with Crippen molar-refractivity contribution in [2.45, 2.75) is 6.92 Å². The maximum atomic E-state index is 10.1. The van der Waals surface area contributed by atoms with Gasteiger partial charge in [-0.05, 0) is 22.9 Å². The number of hydrogen-bond acceptors (Lipinski definition) is 4. The molecule has 0 saturated carbocycles. The molecular formula is C7H5BrClN3O2. The van der Waals surface area contributed by atoms with E-state index in [-0.39, 0.29) is 5.15 Å². The first-order valence-electron chi connectivity index (χ1n) is 3.52. The lowest BCUT2D eigenvalue weighted by atomic mass is 10.4. The molecule has 0 N–H and O–H groups in total. The predicted molar refractivity (Wildman–Crippen MR) is 55.5 cm³/mol. The zero-order valence-corrected chi connectivity index (χ0v) is 9.41. The molecule has 0 fully saturated rings. The van der Waals surface area contributed by atoms with Gasteiger partial charge in [0.25, 0.3) is 0 Å². The summed E-state index contributed by atoms with van der Waals surface area (Å²) in [4.78, 5) is 17.4. The topological polar surface area (TPSA) is 68.9 Å². The highest BCUT2D eigenvalue weighted by Gasteiger charge is 2.05. The van der Waals surface area contributed by atoms with Crippen molar-refractivity contribution in [3.8, 4) is 0 Å². The van der Waals surface area contributed by atoms with Crippen molar-refractivity contribution in [1.82, 2.24) is 9.97 Å². The van der Waals surface area contributed by atoms with E-state index >= 15 is 0 Å². The highest BCUT2D eigenvalue weighted by molar-refractivity contribution is 9.10. The molecule has 0 aromatic carbocycles. The van der Waals surface area contributed by atoms with Crippen molar-refractivity contribution < 1.29 is 4.92 Å². The fourth-order valence-corrected chi connectivity index (χ4v) is 1.36. The first-order chi connectivity index (χ1) is 6.50. The van der Waals surface area contributed by atoms with E-state index in [1.165, 1.54) is 6.08 Å². The van der Waals surface area contributed by atoms with Crippen LogP contribution in [0.2, 0.25) is 5.15 Å². The number of rotatable bonds is 2. The summed E-state index contributed by atoms with van der Waals surface area (Å²) >= 11 is 8.79. The lowest BCUT2D eigenvalue weighted by Crippen LogP contribution is -1.94. The molecule has 1 rings (SSSR count). The first-order valence-corrected chi connectivity index (χ1v) is 4.69. The minimum absolute atomic E-state index is 0.273. The van der Waals surface area contributed by atoms with Crippen molar-refractivity contribution in [3.05, 3.63) is 37.5 Å². The number of halogens is 2. The van der Waals surface area contributed by atoms with E-state index in [0.29, 0.717) is 16.0 Å². The minimum atomic E-state index is -0.571. The van der Waals surface area contributed by atoms with Gasteiger partial charge in [-0.1, -0.05) is 11.6 Å². The summed E-state index contributed by atoms with van der Waals surface area (Å²) < 4.78 is 0.381. The van der Waals surface area contributed by atoms with Gasteiger partial charge in [0, 0.05) is 6.08 Å². The molecular weight excluding hydrogens is 273 g/mol. The molecule has 14 heavy (non-hydrogen) atoms. The van der Waals surface area contributed by atoms with Gasteiger partial charge in [0.05, 0.1) is 10.6 Å². The molecule has 0 saturated heterocycles. The second-order valence-electron chi connectivity index (χ2n) is 2.38. The average Bonchev–Trinajstić information content (AvgIpc) is 2.09. The maximum absolute atomic E-state index is 10.1. The Morgan fingerprint density at radius 1 is 1.57 bits per heavy atom. The Morgan fingerprint density at radius 3 is 2.79 bits per heavy atom. The van der Waals surface area contributed by atoms with Crippen molar-refractivity contribution in [2.75, 3.05) is 0 Å². The zero-order valence-electron chi connectivity index (χ0n) is 7.07. The van der Waals surface area contributed by atoms with Crippen LogP contribution in [0, 0.1) is 17.0 Å². The van der Waals surface area contributed by atoms with Crippen molar-refractivity contribution in [2.24, 2.45) is 0 Å². The standard InChI is InChI=1S/C7H5BrClN3O2/c1-4-7(9)11-6(8)5(10-4)2-3-12(13)14/h2-3H,1H3/b3-2+. The Balaban J connectivity index is 3.10. The van der Waals surface area contributed by atoms with E-state index in [1.54, 1.807) is 6.92 Å². The van der Waals surface area contributed by atoms with Gasteiger partial charge in [0.2, 0.25) is 6.20 Å².